The van der Waals surface area contributed by atoms with Crippen molar-refractivity contribution >= 4 is 35.8 Å². The van der Waals surface area contributed by atoms with Gasteiger partial charge in [-0.15, -0.1) is 24.0 Å². The highest BCUT2D eigenvalue weighted by Crippen LogP contribution is 2.25. The number of nitrogens with zero attached hydrogens (tertiary/aromatic N) is 2. The zero-order valence-corrected chi connectivity index (χ0v) is 18.7. The second-order valence-electron chi connectivity index (χ2n) is 6.14. The molecule has 0 atom stereocenters. The van der Waals surface area contributed by atoms with Crippen molar-refractivity contribution in [3.05, 3.63) is 23.8 Å². The van der Waals surface area contributed by atoms with Crippen LogP contribution in [0.5, 0.6) is 11.5 Å². The Morgan fingerprint density at radius 1 is 1.26 bits per heavy atom. The van der Waals surface area contributed by atoms with Crippen LogP contribution in [0.3, 0.4) is 0 Å². The molecular formula is C19H31IN4O3. The average molecular weight is 490 g/mol. The van der Waals surface area contributed by atoms with E-state index in [-0.39, 0.29) is 29.9 Å². The van der Waals surface area contributed by atoms with Gasteiger partial charge in [0.2, 0.25) is 5.91 Å². The van der Waals surface area contributed by atoms with Gasteiger partial charge >= 0.3 is 0 Å². The van der Waals surface area contributed by atoms with Crippen molar-refractivity contribution in [3.63, 3.8) is 0 Å². The second-order valence-corrected chi connectivity index (χ2v) is 6.14. The summed E-state index contributed by atoms with van der Waals surface area (Å²) in [6.07, 6.45) is 2.59. The van der Waals surface area contributed by atoms with E-state index in [1.165, 1.54) is 0 Å². The summed E-state index contributed by atoms with van der Waals surface area (Å²) in [6, 6.07) is 5.72. The van der Waals surface area contributed by atoms with Crippen molar-refractivity contribution in [3.8, 4) is 11.5 Å². The normalized spacial score (nSPS) is 14.0. The second kappa shape index (κ2) is 12.6. The molecule has 1 fully saturated rings. The standard InChI is InChI=1S/C19H30N4O3.HI/c1-4-20-19(21-10-6-12-23-11-5-7-18(23)24)22-14-15-8-9-16(25-2)13-17(15)26-3;/h8-9,13H,4-7,10-12,14H2,1-3H3,(H2,20,21,22);1H. The average Bonchev–Trinajstić information content (AvgIpc) is 3.07. The van der Waals surface area contributed by atoms with Crippen LogP contribution in [-0.2, 0) is 11.3 Å². The fraction of sp³-hybridized carbons (Fsp3) is 0.579. The van der Waals surface area contributed by atoms with Gasteiger partial charge in [0.25, 0.3) is 0 Å². The molecular weight excluding hydrogens is 459 g/mol. The molecule has 1 heterocycles. The lowest BCUT2D eigenvalue weighted by Gasteiger charge is -2.16. The maximum Gasteiger partial charge on any atom is 0.222 e. The minimum atomic E-state index is 0. The van der Waals surface area contributed by atoms with Gasteiger partial charge in [-0.25, -0.2) is 4.99 Å². The summed E-state index contributed by atoms with van der Waals surface area (Å²) in [4.78, 5) is 18.2. The number of hydrogen-bond donors (Lipinski definition) is 2. The van der Waals surface area contributed by atoms with Gasteiger partial charge in [-0.3, -0.25) is 4.79 Å². The third-order valence-electron chi connectivity index (χ3n) is 4.31. The Morgan fingerprint density at radius 3 is 2.70 bits per heavy atom. The number of guanidine groups is 1. The van der Waals surface area contributed by atoms with E-state index < -0.39 is 0 Å². The van der Waals surface area contributed by atoms with Gasteiger partial charge in [-0.05, 0) is 31.9 Å². The predicted octanol–water partition coefficient (Wildman–Crippen LogP) is 2.39. The summed E-state index contributed by atoms with van der Waals surface area (Å²) in [7, 11) is 3.28. The van der Waals surface area contributed by atoms with Crippen molar-refractivity contribution in [2.45, 2.75) is 32.7 Å². The number of hydrogen-bond acceptors (Lipinski definition) is 4. The lowest BCUT2D eigenvalue weighted by Crippen LogP contribution is -2.39. The third kappa shape index (κ3) is 7.43. The van der Waals surface area contributed by atoms with E-state index in [0.717, 1.165) is 62.0 Å². The van der Waals surface area contributed by atoms with Gasteiger partial charge in [-0.1, -0.05) is 0 Å². The lowest BCUT2D eigenvalue weighted by atomic mass is 10.2. The van der Waals surface area contributed by atoms with Crippen LogP contribution >= 0.6 is 24.0 Å². The Labute approximate surface area is 178 Å². The maximum atomic E-state index is 11.6. The van der Waals surface area contributed by atoms with Gasteiger partial charge in [0, 0.05) is 44.2 Å². The number of ether oxygens (including phenoxy) is 2. The Hall–Kier alpha value is -1.71. The number of halogens is 1. The van der Waals surface area contributed by atoms with E-state index in [1.807, 2.05) is 30.0 Å². The smallest absolute Gasteiger partial charge is 0.222 e. The first-order valence-corrected chi connectivity index (χ1v) is 9.18. The topological polar surface area (TPSA) is 75.2 Å². The molecule has 1 amide bonds. The number of rotatable bonds is 9. The van der Waals surface area contributed by atoms with Crippen LogP contribution in [0, 0.1) is 0 Å². The minimum absolute atomic E-state index is 0. The monoisotopic (exact) mass is 490 g/mol. The molecule has 1 aliphatic heterocycles. The predicted molar refractivity (Wildman–Crippen MR) is 118 cm³/mol. The largest absolute Gasteiger partial charge is 0.497 e. The summed E-state index contributed by atoms with van der Waals surface area (Å²) in [5.74, 6) is 2.56. The van der Waals surface area contributed by atoms with E-state index in [1.54, 1.807) is 14.2 Å². The van der Waals surface area contributed by atoms with Gasteiger partial charge < -0.3 is 25.0 Å². The Balaban J connectivity index is 0.00000364. The Kier molecular flexibility index (Phi) is 10.9. The number of carbonyl (C=O) groups is 1. The van der Waals surface area contributed by atoms with Crippen LogP contribution in [0.4, 0.5) is 0 Å². The van der Waals surface area contributed by atoms with Crippen molar-refractivity contribution in [1.29, 1.82) is 0 Å². The van der Waals surface area contributed by atoms with Crippen LogP contribution < -0.4 is 20.1 Å². The van der Waals surface area contributed by atoms with E-state index in [2.05, 4.69) is 15.6 Å². The van der Waals surface area contributed by atoms with Crippen LogP contribution in [0.1, 0.15) is 31.7 Å². The van der Waals surface area contributed by atoms with Crippen LogP contribution in [0.25, 0.3) is 0 Å². The highest BCUT2D eigenvalue weighted by Gasteiger charge is 2.18. The van der Waals surface area contributed by atoms with Gasteiger partial charge in [-0.2, -0.15) is 0 Å². The SMILES string of the molecule is CCNC(=NCc1ccc(OC)cc1OC)NCCCN1CCCC1=O.I. The van der Waals surface area contributed by atoms with Crippen molar-refractivity contribution in [2.75, 3.05) is 40.4 Å². The molecule has 8 heteroatoms. The summed E-state index contributed by atoms with van der Waals surface area (Å²) in [5.41, 5.74) is 0.994. The fourth-order valence-corrected chi connectivity index (χ4v) is 2.91. The van der Waals surface area contributed by atoms with Gasteiger partial charge in [0.15, 0.2) is 5.96 Å². The summed E-state index contributed by atoms with van der Waals surface area (Å²) >= 11 is 0. The van der Waals surface area contributed by atoms with Gasteiger partial charge in [0.1, 0.15) is 11.5 Å². The summed E-state index contributed by atoms with van der Waals surface area (Å²) in [6.45, 7) is 5.80. The fourth-order valence-electron chi connectivity index (χ4n) is 2.91. The van der Waals surface area contributed by atoms with Crippen molar-refractivity contribution in [1.82, 2.24) is 15.5 Å². The number of aliphatic imine (C=N–C) groups is 1. The van der Waals surface area contributed by atoms with Crippen LogP contribution in [0.2, 0.25) is 0 Å². The van der Waals surface area contributed by atoms with Crippen molar-refractivity contribution in [2.24, 2.45) is 4.99 Å². The first-order chi connectivity index (χ1) is 12.7. The molecule has 0 aliphatic carbocycles. The van der Waals surface area contributed by atoms with E-state index in [4.69, 9.17) is 9.47 Å². The molecule has 2 rings (SSSR count). The number of carbonyl (C=O) groups excluding carboxylic acids is 1. The summed E-state index contributed by atoms with van der Waals surface area (Å²) in [5, 5.41) is 6.57. The van der Waals surface area contributed by atoms with E-state index >= 15 is 0 Å². The lowest BCUT2D eigenvalue weighted by molar-refractivity contribution is -0.127. The molecule has 1 aromatic carbocycles. The highest BCUT2D eigenvalue weighted by molar-refractivity contribution is 14.0. The molecule has 0 aromatic heterocycles. The molecule has 1 aromatic rings. The van der Waals surface area contributed by atoms with Crippen LogP contribution in [0.15, 0.2) is 23.2 Å². The Morgan fingerprint density at radius 2 is 2.07 bits per heavy atom. The Bertz CT molecular complexity index is 625. The molecule has 7 nitrogen and oxygen atoms in total. The number of methoxy groups -OCH3 is 2. The number of nitrogens with one attached hydrogen (secondary N) is 2. The molecule has 0 spiro atoms. The molecule has 27 heavy (non-hydrogen) atoms. The van der Waals surface area contributed by atoms with E-state index in [9.17, 15) is 4.79 Å². The number of likely N-dealkylation sites (tertiary alicyclic amines) is 1. The highest BCUT2D eigenvalue weighted by atomic mass is 127. The quantitative estimate of drug-likeness (QED) is 0.241. The van der Waals surface area contributed by atoms with Gasteiger partial charge in [0.05, 0.1) is 20.8 Å². The summed E-state index contributed by atoms with van der Waals surface area (Å²) < 4.78 is 10.6. The first kappa shape index (κ1) is 23.3. The molecule has 0 bridgehead atoms. The zero-order chi connectivity index (χ0) is 18.8. The third-order valence-corrected chi connectivity index (χ3v) is 4.31. The first-order valence-electron chi connectivity index (χ1n) is 9.18. The molecule has 1 saturated heterocycles. The molecule has 0 unspecified atom stereocenters. The number of benzene rings is 1. The molecule has 1 aliphatic rings. The molecule has 0 radical (unpaired) electrons. The van der Waals surface area contributed by atoms with E-state index in [0.29, 0.717) is 13.0 Å². The maximum absolute atomic E-state index is 11.6. The van der Waals surface area contributed by atoms with Crippen molar-refractivity contribution < 1.29 is 14.3 Å². The molecule has 2 N–H and O–H groups in total. The minimum Gasteiger partial charge on any atom is -0.497 e. The zero-order valence-electron chi connectivity index (χ0n) is 16.4. The number of amides is 1. The molecule has 152 valence electrons. The van der Waals surface area contributed by atoms with Crippen LogP contribution in [-0.4, -0.2) is 57.2 Å². The molecule has 0 saturated carbocycles.